The van der Waals surface area contributed by atoms with E-state index >= 15 is 0 Å². The highest BCUT2D eigenvalue weighted by Crippen LogP contribution is 2.59. The molecule has 2 aromatic rings. The van der Waals surface area contributed by atoms with Crippen LogP contribution < -0.4 is 0 Å². The number of hydrogen-bond donors (Lipinski definition) is 1. The van der Waals surface area contributed by atoms with E-state index in [1.807, 2.05) is 0 Å². The van der Waals surface area contributed by atoms with Gasteiger partial charge in [-0.3, -0.25) is 0 Å². The molecule has 0 unspecified atom stereocenters. The van der Waals surface area contributed by atoms with Crippen molar-refractivity contribution in [1.82, 2.24) is 9.97 Å². The van der Waals surface area contributed by atoms with Gasteiger partial charge in [-0.25, -0.2) is 4.98 Å². The van der Waals surface area contributed by atoms with Crippen LogP contribution in [-0.2, 0) is 5.41 Å². The van der Waals surface area contributed by atoms with Crippen molar-refractivity contribution in [3.8, 4) is 0 Å². The van der Waals surface area contributed by atoms with Gasteiger partial charge in [-0.2, -0.15) is 0 Å². The summed E-state index contributed by atoms with van der Waals surface area (Å²) in [6, 6.07) is 6.67. The minimum atomic E-state index is 0.344. The van der Waals surface area contributed by atoms with Crippen molar-refractivity contribution < 1.29 is 0 Å². The molecule has 0 amide bonds. The van der Waals surface area contributed by atoms with E-state index in [1.54, 1.807) is 6.33 Å². The largest absolute Gasteiger partial charge is 0.345 e. The number of fused-ring (bicyclic) bond motifs is 1. The van der Waals surface area contributed by atoms with E-state index < -0.39 is 0 Å². The highest BCUT2D eigenvalue weighted by molar-refractivity contribution is 5.75. The number of H-pyrrole nitrogens is 1. The van der Waals surface area contributed by atoms with E-state index in [0.29, 0.717) is 10.8 Å². The Morgan fingerprint density at radius 1 is 1.25 bits per heavy atom. The summed E-state index contributed by atoms with van der Waals surface area (Å²) in [5, 5.41) is 0. The van der Waals surface area contributed by atoms with E-state index in [0.717, 1.165) is 11.0 Å². The molecule has 2 heteroatoms. The third-order valence-corrected chi connectivity index (χ3v) is 4.16. The summed E-state index contributed by atoms with van der Waals surface area (Å²) in [6.45, 7) is 7.03. The molecule has 1 N–H and O–H groups in total. The maximum absolute atomic E-state index is 4.35. The van der Waals surface area contributed by atoms with E-state index in [-0.39, 0.29) is 0 Å². The molecule has 1 aromatic heterocycles. The number of imidazole rings is 1. The summed E-state index contributed by atoms with van der Waals surface area (Å²) in [5.41, 5.74) is 4.41. The molecule has 1 aliphatic rings. The van der Waals surface area contributed by atoms with Gasteiger partial charge in [0.15, 0.2) is 0 Å². The van der Waals surface area contributed by atoms with Crippen LogP contribution in [0, 0.1) is 5.41 Å². The van der Waals surface area contributed by atoms with Crippen LogP contribution >= 0.6 is 0 Å². The number of hydrogen-bond acceptors (Lipinski definition) is 1. The van der Waals surface area contributed by atoms with Crippen LogP contribution in [0.5, 0.6) is 0 Å². The lowest BCUT2D eigenvalue weighted by molar-refractivity contribution is 0.299. The molecule has 3 rings (SSSR count). The quantitative estimate of drug-likeness (QED) is 0.771. The number of benzene rings is 1. The molecule has 0 saturated heterocycles. The van der Waals surface area contributed by atoms with Crippen LogP contribution in [0.2, 0.25) is 0 Å². The highest BCUT2D eigenvalue weighted by atomic mass is 14.9. The second-order valence-corrected chi connectivity index (χ2v) is 5.97. The van der Waals surface area contributed by atoms with E-state index in [1.165, 1.54) is 18.4 Å². The zero-order valence-electron chi connectivity index (χ0n) is 10.2. The SMILES string of the molecule is CC(C)(C)C1(c2ccc3[nH]cnc3c2)CC1. The first kappa shape index (κ1) is 9.88. The van der Waals surface area contributed by atoms with Gasteiger partial charge in [0.25, 0.3) is 0 Å². The van der Waals surface area contributed by atoms with Crippen molar-refractivity contribution in [2.75, 3.05) is 0 Å². The Bertz CT molecular complexity index is 527. The van der Waals surface area contributed by atoms with Crippen molar-refractivity contribution >= 4 is 11.0 Å². The van der Waals surface area contributed by atoms with Gasteiger partial charge in [-0.15, -0.1) is 0 Å². The summed E-state index contributed by atoms with van der Waals surface area (Å²) < 4.78 is 0. The predicted molar refractivity (Wildman–Crippen MR) is 66.5 cm³/mol. The van der Waals surface area contributed by atoms with Gasteiger partial charge in [-0.1, -0.05) is 26.8 Å². The minimum absolute atomic E-state index is 0.344. The second kappa shape index (κ2) is 2.88. The van der Waals surface area contributed by atoms with Gasteiger partial charge >= 0.3 is 0 Å². The molecule has 1 heterocycles. The Morgan fingerprint density at radius 3 is 2.62 bits per heavy atom. The average Bonchev–Trinajstić information content (AvgIpc) is 2.91. The number of aromatic amines is 1. The molecule has 0 bridgehead atoms. The van der Waals surface area contributed by atoms with E-state index in [9.17, 15) is 0 Å². The Kier molecular flexibility index (Phi) is 1.78. The summed E-state index contributed by atoms with van der Waals surface area (Å²) in [4.78, 5) is 7.49. The Balaban J connectivity index is 2.12. The van der Waals surface area contributed by atoms with Crippen LogP contribution in [0.15, 0.2) is 24.5 Å². The molecule has 2 nitrogen and oxygen atoms in total. The fourth-order valence-corrected chi connectivity index (χ4v) is 2.83. The molecule has 84 valence electrons. The zero-order valence-corrected chi connectivity index (χ0v) is 10.2. The number of nitrogens with one attached hydrogen (secondary N) is 1. The topological polar surface area (TPSA) is 28.7 Å². The predicted octanol–water partition coefficient (Wildman–Crippen LogP) is 3.64. The number of nitrogens with zero attached hydrogens (tertiary/aromatic N) is 1. The van der Waals surface area contributed by atoms with Crippen LogP contribution in [0.4, 0.5) is 0 Å². The maximum Gasteiger partial charge on any atom is 0.0931 e. The lowest BCUT2D eigenvalue weighted by Gasteiger charge is -2.31. The standard InChI is InChI=1S/C14H18N2/c1-13(2,3)14(6-7-14)10-4-5-11-12(8-10)16-9-15-11/h4-5,8-9H,6-7H2,1-3H3,(H,15,16). The first-order chi connectivity index (χ1) is 7.53. The zero-order chi connectivity index (χ0) is 11.4. The third kappa shape index (κ3) is 1.22. The Morgan fingerprint density at radius 2 is 2.00 bits per heavy atom. The molecule has 0 radical (unpaired) electrons. The third-order valence-electron chi connectivity index (χ3n) is 4.16. The van der Waals surface area contributed by atoms with Gasteiger partial charge < -0.3 is 4.98 Å². The molecule has 0 spiro atoms. The van der Waals surface area contributed by atoms with Crippen LogP contribution in [-0.4, -0.2) is 9.97 Å². The average molecular weight is 214 g/mol. The smallest absolute Gasteiger partial charge is 0.0931 e. The summed E-state index contributed by atoms with van der Waals surface area (Å²) in [5.74, 6) is 0. The van der Waals surface area contributed by atoms with Crippen LogP contribution in [0.1, 0.15) is 39.2 Å². The number of aromatic nitrogens is 2. The van der Waals surface area contributed by atoms with Crippen LogP contribution in [0.25, 0.3) is 11.0 Å². The first-order valence-corrected chi connectivity index (χ1v) is 5.97. The number of rotatable bonds is 1. The Labute approximate surface area is 96.1 Å². The molecular formula is C14H18N2. The Hall–Kier alpha value is -1.31. The molecule has 0 aliphatic heterocycles. The van der Waals surface area contributed by atoms with Gasteiger partial charge in [0.05, 0.1) is 17.4 Å². The highest BCUT2D eigenvalue weighted by Gasteiger charge is 2.52. The fourth-order valence-electron chi connectivity index (χ4n) is 2.83. The van der Waals surface area contributed by atoms with Gasteiger partial charge in [0.2, 0.25) is 0 Å². The van der Waals surface area contributed by atoms with Crippen molar-refractivity contribution in [2.45, 2.75) is 39.0 Å². The molecular weight excluding hydrogens is 196 g/mol. The van der Waals surface area contributed by atoms with Crippen molar-refractivity contribution in [3.63, 3.8) is 0 Å². The molecule has 1 saturated carbocycles. The first-order valence-electron chi connectivity index (χ1n) is 5.97. The molecule has 16 heavy (non-hydrogen) atoms. The van der Waals surface area contributed by atoms with Crippen molar-refractivity contribution in [2.24, 2.45) is 5.41 Å². The van der Waals surface area contributed by atoms with Crippen molar-refractivity contribution in [3.05, 3.63) is 30.1 Å². The molecule has 1 aromatic carbocycles. The van der Waals surface area contributed by atoms with Gasteiger partial charge in [0, 0.05) is 5.41 Å². The van der Waals surface area contributed by atoms with Crippen LogP contribution in [0.3, 0.4) is 0 Å². The lowest BCUT2D eigenvalue weighted by Crippen LogP contribution is -2.25. The normalized spacial score (nSPS) is 18.9. The minimum Gasteiger partial charge on any atom is -0.345 e. The molecule has 0 atom stereocenters. The fraction of sp³-hybridized carbons (Fsp3) is 0.500. The summed E-state index contributed by atoms with van der Waals surface area (Å²) >= 11 is 0. The molecule has 1 fully saturated rings. The van der Waals surface area contributed by atoms with Crippen molar-refractivity contribution in [1.29, 1.82) is 0 Å². The summed E-state index contributed by atoms with van der Waals surface area (Å²) in [6.07, 6.45) is 4.39. The van der Waals surface area contributed by atoms with Gasteiger partial charge in [0.1, 0.15) is 0 Å². The second-order valence-electron chi connectivity index (χ2n) is 5.97. The summed E-state index contributed by atoms with van der Waals surface area (Å²) in [7, 11) is 0. The molecule has 1 aliphatic carbocycles. The van der Waals surface area contributed by atoms with Gasteiger partial charge in [-0.05, 0) is 36.0 Å². The monoisotopic (exact) mass is 214 g/mol. The maximum atomic E-state index is 4.35. The van der Waals surface area contributed by atoms with E-state index in [4.69, 9.17) is 0 Å². The van der Waals surface area contributed by atoms with E-state index in [2.05, 4.69) is 48.9 Å². The lowest BCUT2D eigenvalue weighted by atomic mass is 9.73.